The number of unbranched alkanes of at least 4 members (excludes halogenated alkanes) is 12. The fraction of sp³-hybridized carbons (Fsp3) is 0.923. The number of hydrogen-bond acceptors (Lipinski definition) is 2. The van der Waals surface area contributed by atoms with E-state index in [2.05, 4.69) is 41.5 Å². The number of carboxylic acids is 2. The van der Waals surface area contributed by atoms with Crippen LogP contribution in [0.15, 0.2) is 0 Å². The van der Waals surface area contributed by atoms with Crippen molar-refractivity contribution in [3.8, 4) is 0 Å². The lowest BCUT2D eigenvalue weighted by Crippen LogP contribution is -2.52. The van der Waals surface area contributed by atoms with Gasteiger partial charge in [-0.1, -0.05) is 119 Å². The number of carbonyl (C=O) groups is 2. The van der Waals surface area contributed by atoms with Crippen molar-refractivity contribution in [2.75, 3.05) is 0 Å². The molecule has 0 rings (SSSR count). The van der Waals surface area contributed by atoms with Crippen molar-refractivity contribution >= 4 is 11.9 Å². The summed E-state index contributed by atoms with van der Waals surface area (Å²) in [5, 5.41) is 18.7. The molecule has 0 saturated heterocycles. The van der Waals surface area contributed by atoms with Gasteiger partial charge < -0.3 is 10.2 Å². The first kappa shape index (κ1) is 28.9. The van der Waals surface area contributed by atoms with Gasteiger partial charge in [0.05, 0.1) is 5.41 Å². The molecule has 4 heteroatoms. The van der Waals surface area contributed by atoms with E-state index >= 15 is 0 Å². The normalized spacial score (nSPS) is 12.9. The minimum absolute atomic E-state index is 0.270. The predicted octanol–water partition coefficient (Wildman–Crippen LogP) is 8.09. The highest BCUT2D eigenvalue weighted by atomic mass is 16.4. The van der Waals surface area contributed by atoms with Crippen molar-refractivity contribution < 1.29 is 19.8 Å². The van der Waals surface area contributed by atoms with E-state index in [0.717, 1.165) is 38.5 Å². The van der Waals surface area contributed by atoms with Crippen molar-refractivity contribution in [2.45, 2.75) is 138 Å². The first-order valence-corrected chi connectivity index (χ1v) is 12.3. The summed E-state index contributed by atoms with van der Waals surface area (Å²) in [5.74, 6) is -1.33. The molecule has 178 valence electrons. The fourth-order valence-corrected chi connectivity index (χ4v) is 5.23. The van der Waals surface area contributed by atoms with E-state index in [1.165, 1.54) is 51.4 Å². The van der Waals surface area contributed by atoms with E-state index in [9.17, 15) is 14.7 Å². The molecular formula is C26H50O4. The Morgan fingerprint density at radius 1 is 0.533 bits per heavy atom. The maximum absolute atomic E-state index is 12.3. The summed E-state index contributed by atoms with van der Waals surface area (Å²) in [6, 6.07) is 0. The summed E-state index contributed by atoms with van der Waals surface area (Å²) >= 11 is 0. The van der Waals surface area contributed by atoms with Crippen LogP contribution in [0.25, 0.3) is 0 Å². The molecule has 0 unspecified atom stereocenters. The van der Waals surface area contributed by atoms with Gasteiger partial charge in [-0.25, -0.2) is 0 Å². The topological polar surface area (TPSA) is 74.6 Å². The number of rotatable bonds is 17. The summed E-state index contributed by atoms with van der Waals surface area (Å²) in [7, 11) is 0. The molecule has 0 aliphatic carbocycles. The molecule has 0 heterocycles. The number of hydrogen-bond donors (Lipinski definition) is 2. The molecule has 0 saturated carbocycles. The lowest BCUT2D eigenvalue weighted by Gasteiger charge is -2.50. The van der Waals surface area contributed by atoms with E-state index in [1.807, 2.05) is 0 Å². The van der Waals surface area contributed by atoms with Gasteiger partial charge in [-0.3, -0.25) is 9.59 Å². The third-order valence-corrected chi connectivity index (χ3v) is 6.87. The van der Waals surface area contributed by atoms with Crippen LogP contribution in [0.4, 0.5) is 0 Å². The maximum Gasteiger partial charge on any atom is 0.310 e. The Kier molecular flexibility index (Phi) is 13.6. The van der Waals surface area contributed by atoms with E-state index < -0.39 is 17.4 Å². The van der Waals surface area contributed by atoms with E-state index in [4.69, 9.17) is 5.11 Å². The van der Waals surface area contributed by atoms with Gasteiger partial charge in [-0.15, -0.1) is 0 Å². The zero-order valence-electron chi connectivity index (χ0n) is 20.8. The summed E-state index contributed by atoms with van der Waals surface area (Å²) < 4.78 is 0. The van der Waals surface area contributed by atoms with Crippen molar-refractivity contribution in [1.82, 2.24) is 0 Å². The van der Waals surface area contributed by atoms with Gasteiger partial charge in [0.1, 0.15) is 0 Å². The molecule has 0 aromatic carbocycles. The molecule has 2 N–H and O–H groups in total. The minimum Gasteiger partial charge on any atom is -0.481 e. The highest BCUT2D eigenvalue weighted by molar-refractivity contribution is 5.76. The summed E-state index contributed by atoms with van der Waals surface area (Å²) in [5.41, 5.74) is -1.24. The van der Waals surface area contributed by atoms with Crippen molar-refractivity contribution in [3.05, 3.63) is 0 Å². The Morgan fingerprint density at radius 3 is 1.10 bits per heavy atom. The van der Waals surface area contributed by atoms with E-state index in [1.54, 1.807) is 0 Å². The third-order valence-electron chi connectivity index (χ3n) is 6.87. The first-order valence-electron chi connectivity index (χ1n) is 12.3. The number of carboxylic acid groups (broad SMARTS) is 2. The molecule has 0 bridgehead atoms. The largest absolute Gasteiger partial charge is 0.481 e. The zero-order chi connectivity index (χ0) is 23.3. The second-order valence-electron chi connectivity index (χ2n) is 11.2. The predicted molar refractivity (Wildman–Crippen MR) is 126 cm³/mol. The Morgan fingerprint density at radius 2 is 0.833 bits per heavy atom. The monoisotopic (exact) mass is 426 g/mol. The van der Waals surface area contributed by atoms with Gasteiger partial charge in [0.2, 0.25) is 0 Å². The summed E-state index contributed by atoms with van der Waals surface area (Å²) in [6.07, 6.45) is 16.3. The molecule has 0 fully saturated rings. The molecule has 0 radical (unpaired) electrons. The average Bonchev–Trinajstić information content (AvgIpc) is 2.58. The van der Waals surface area contributed by atoms with Crippen LogP contribution >= 0.6 is 0 Å². The summed E-state index contributed by atoms with van der Waals surface area (Å²) in [4.78, 5) is 22.7. The molecule has 0 aliphatic rings. The van der Waals surface area contributed by atoms with Crippen LogP contribution in [-0.4, -0.2) is 22.2 Å². The van der Waals surface area contributed by atoms with Crippen LogP contribution in [0.2, 0.25) is 0 Å². The van der Waals surface area contributed by atoms with Crippen LogP contribution in [0.1, 0.15) is 138 Å². The molecule has 0 aliphatic heterocycles. The maximum atomic E-state index is 12.3. The second-order valence-corrected chi connectivity index (χ2v) is 11.2. The van der Waals surface area contributed by atoms with Crippen molar-refractivity contribution in [2.24, 2.45) is 16.2 Å². The van der Waals surface area contributed by atoms with Gasteiger partial charge in [-0.05, 0) is 23.7 Å². The van der Waals surface area contributed by atoms with E-state index in [-0.39, 0.29) is 10.8 Å². The smallest absolute Gasteiger partial charge is 0.310 e. The first-order chi connectivity index (χ1) is 13.9. The molecule has 0 aromatic heterocycles. The quantitative estimate of drug-likeness (QED) is 0.230. The molecular weight excluding hydrogens is 376 g/mol. The Bertz CT molecular complexity index is 468. The molecule has 0 spiro atoms. The standard InChI is InChI=1S/C26H50O4/c1-24(2,3)26(23(29)30,25(4,5)6)21-19-17-15-13-11-9-7-8-10-12-14-16-18-20-22(27)28/h7-21H2,1-6H3,(H,27,28)(H,29,30). The molecule has 0 aromatic rings. The second kappa shape index (κ2) is 14.1. The molecule has 0 amide bonds. The SMILES string of the molecule is CC(C)(C)C(CCCCCCCCCCCCCCCC(=O)O)(C(=O)O)C(C)(C)C. The molecule has 0 atom stereocenters. The fourth-order valence-electron chi connectivity index (χ4n) is 5.23. The van der Waals surface area contributed by atoms with E-state index in [0.29, 0.717) is 6.42 Å². The highest BCUT2D eigenvalue weighted by Gasteiger charge is 2.55. The Balaban J connectivity index is 3.86. The molecule has 4 nitrogen and oxygen atoms in total. The zero-order valence-corrected chi connectivity index (χ0v) is 20.8. The lowest BCUT2D eigenvalue weighted by molar-refractivity contribution is -0.170. The van der Waals surface area contributed by atoms with Crippen LogP contribution in [-0.2, 0) is 9.59 Å². The van der Waals surface area contributed by atoms with Crippen molar-refractivity contribution in [1.29, 1.82) is 0 Å². The highest BCUT2D eigenvalue weighted by Crippen LogP contribution is 2.55. The number of aliphatic carboxylic acids is 2. The van der Waals surface area contributed by atoms with Crippen LogP contribution in [0.3, 0.4) is 0 Å². The molecule has 30 heavy (non-hydrogen) atoms. The van der Waals surface area contributed by atoms with Crippen molar-refractivity contribution in [3.63, 3.8) is 0 Å². The van der Waals surface area contributed by atoms with Gasteiger partial charge in [0.15, 0.2) is 0 Å². The van der Waals surface area contributed by atoms with Gasteiger partial charge in [-0.2, -0.15) is 0 Å². The Hall–Kier alpha value is -1.06. The van der Waals surface area contributed by atoms with Crippen LogP contribution < -0.4 is 0 Å². The lowest BCUT2D eigenvalue weighted by atomic mass is 9.52. The summed E-state index contributed by atoms with van der Waals surface area (Å²) in [6.45, 7) is 12.4. The van der Waals surface area contributed by atoms with Gasteiger partial charge >= 0.3 is 11.9 Å². The van der Waals surface area contributed by atoms with Gasteiger partial charge in [0.25, 0.3) is 0 Å². The third kappa shape index (κ3) is 10.3. The van der Waals surface area contributed by atoms with Crippen LogP contribution in [0, 0.1) is 16.2 Å². The Labute approximate surface area is 186 Å². The minimum atomic E-state index is -0.701. The average molecular weight is 427 g/mol. The van der Waals surface area contributed by atoms with Crippen LogP contribution in [0.5, 0.6) is 0 Å². The van der Waals surface area contributed by atoms with Gasteiger partial charge in [0, 0.05) is 6.42 Å².